The molecule has 28 heavy (non-hydrogen) atoms. The molecule has 0 aromatic rings. The quantitative estimate of drug-likeness (QED) is 0.271. The van der Waals surface area contributed by atoms with E-state index < -0.39 is 24.3 Å². The van der Waals surface area contributed by atoms with Crippen LogP contribution in [0.5, 0.6) is 0 Å². The van der Waals surface area contributed by atoms with Gasteiger partial charge in [-0.2, -0.15) is 0 Å². The average molecular weight is 394 g/mol. The van der Waals surface area contributed by atoms with Crippen molar-refractivity contribution in [2.75, 3.05) is 0 Å². The van der Waals surface area contributed by atoms with Crippen LogP contribution in [0.3, 0.4) is 0 Å². The van der Waals surface area contributed by atoms with Crippen molar-refractivity contribution >= 4 is 17.9 Å². The first-order chi connectivity index (χ1) is 13.3. The molecule has 2 aliphatic heterocycles. The van der Waals surface area contributed by atoms with Gasteiger partial charge in [0.1, 0.15) is 12.2 Å². The fourth-order valence-corrected chi connectivity index (χ4v) is 4.58. The van der Waals surface area contributed by atoms with Crippen molar-refractivity contribution in [3.8, 4) is 0 Å². The Hall–Kier alpha value is -1.89. The van der Waals surface area contributed by atoms with Crippen LogP contribution in [-0.2, 0) is 33.3 Å². The summed E-state index contributed by atoms with van der Waals surface area (Å²) in [6.45, 7) is 8.64. The highest BCUT2D eigenvalue weighted by Gasteiger charge is 2.51. The summed E-state index contributed by atoms with van der Waals surface area (Å²) in [5, 5.41) is 0. The highest BCUT2D eigenvalue weighted by molar-refractivity contribution is 5.89. The van der Waals surface area contributed by atoms with Crippen LogP contribution in [0.25, 0.3) is 0 Å². The van der Waals surface area contributed by atoms with Gasteiger partial charge in [-0.05, 0) is 50.9 Å². The zero-order valence-corrected chi connectivity index (χ0v) is 16.8. The van der Waals surface area contributed by atoms with Crippen molar-refractivity contribution in [1.29, 1.82) is 0 Å². The van der Waals surface area contributed by atoms with Gasteiger partial charge in [-0.15, -0.1) is 0 Å². The smallest absolute Gasteiger partial charge is 0.349 e. The Labute approximate surface area is 165 Å². The maximum atomic E-state index is 12.5. The zero-order valence-electron chi connectivity index (χ0n) is 16.8. The Kier molecular flexibility index (Phi) is 6.43. The number of esters is 3. The zero-order chi connectivity index (χ0) is 20.4. The number of hydrogen-bond acceptors (Lipinski definition) is 7. The van der Waals surface area contributed by atoms with Crippen molar-refractivity contribution in [1.82, 2.24) is 0 Å². The van der Waals surface area contributed by atoms with Crippen LogP contribution in [0.15, 0.2) is 12.2 Å². The second-order valence-corrected chi connectivity index (χ2v) is 8.20. The number of carbonyl (C=O) groups is 3. The Morgan fingerprint density at radius 3 is 2.54 bits per heavy atom. The fraction of sp³-hybridized carbons (Fsp3) is 0.762. The summed E-state index contributed by atoms with van der Waals surface area (Å²) in [6, 6.07) is 0. The molecule has 7 atom stereocenters. The summed E-state index contributed by atoms with van der Waals surface area (Å²) in [4.78, 5) is 36.4. The monoisotopic (exact) mass is 394 g/mol. The molecule has 0 amide bonds. The van der Waals surface area contributed by atoms with Crippen LogP contribution < -0.4 is 0 Å². The molecule has 2 saturated heterocycles. The van der Waals surface area contributed by atoms with Gasteiger partial charge in [-0.1, -0.05) is 20.4 Å². The third-order valence-corrected chi connectivity index (χ3v) is 5.96. The van der Waals surface area contributed by atoms with Crippen LogP contribution in [0.1, 0.15) is 59.3 Å². The Balaban J connectivity index is 1.62. The fourth-order valence-electron chi connectivity index (χ4n) is 4.58. The van der Waals surface area contributed by atoms with E-state index in [2.05, 4.69) is 6.58 Å². The lowest BCUT2D eigenvalue weighted by atomic mass is 9.67. The van der Waals surface area contributed by atoms with Gasteiger partial charge in [0.2, 0.25) is 6.29 Å². The Morgan fingerprint density at radius 1 is 1.14 bits per heavy atom. The normalized spacial score (nSPS) is 32.8. The summed E-state index contributed by atoms with van der Waals surface area (Å²) in [6.07, 6.45) is 1.95. The van der Waals surface area contributed by atoms with E-state index in [0.29, 0.717) is 18.8 Å². The van der Waals surface area contributed by atoms with Gasteiger partial charge in [0.05, 0.1) is 5.92 Å². The number of fused-ring (bicyclic) bond motifs is 1. The molecular formula is C21H30O7. The van der Waals surface area contributed by atoms with Crippen LogP contribution in [0, 0.1) is 17.8 Å². The summed E-state index contributed by atoms with van der Waals surface area (Å²) in [5.74, 6) is -0.662. The first-order valence-electron chi connectivity index (χ1n) is 10.2. The van der Waals surface area contributed by atoms with E-state index in [9.17, 15) is 14.4 Å². The first-order valence-corrected chi connectivity index (χ1v) is 10.2. The minimum atomic E-state index is -0.999. The molecule has 0 aromatic heterocycles. The van der Waals surface area contributed by atoms with E-state index in [1.54, 1.807) is 6.92 Å². The number of ether oxygens (including phenoxy) is 4. The number of hydrogen-bond donors (Lipinski definition) is 0. The third-order valence-electron chi connectivity index (χ3n) is 5.96. The first kappa shape index (κ1) is 20.8. The van der Waals surface area contributed by atoms with Crippen molar-refractivity contribution < 1.29 is 33.3 Å². The predicted octanol–water partition coefficient (Wildman–Crippen LogP) is 2.91. The predicted molar refractivity (Wildman–Crippen MR) is 98.8 cm³/mol. The molecule has 4 fully saturated rings. The lowest BCUT2D eigenvalue weighted by molar-refractivity contribution is -0.226. The minimum absolute atomic E-state index is 0.0315. The SMILES string of the molecule is C=C(C)C(=O)OC(CC)C(=O)OC(CC)OC1C2CC3CC(C2)C(=O)OC1C3. The Morgan fingerprint density at radius 2 is 1.89 bits per heavy atom. The summed E-state index contributed by atoms with van der Waals surface area (Å²) in [5.41, 5.74) is 0.223. The van der Waals surface area contributed by atoms with Gasteiger partial charge in [-0.25, -0.2) is 9.59 Å². The van der Waals surface area contributed by atoms with Crippen molar-refractivity contribution in [3.05, 3.63) is 12.2 Å². The van der Waals surface area contributed by atoms with E-state index in [0.717, 1.165) is 25.7 Å². The van der Waals surface area contributed by atoms with Gasteiger partial charge < -0.3 is 18.9 Å². The molecule has 156 valence electrons. The molecule has 0 radical (unpaired) electrons. The topological polar surface area (TPSA) is 88.1 Å². The molecule has 0 N–H and O–H groups in total. The molecule has 7 heteroatoms. The van der Waals surface area contributed by atoms with E-state index in [-0.39, 0.29) is 35.6 Å². The molecule has 2 heterocycles. The largest absolute Gasteiger partial charge is 0.459 e. The molecule has 4 rings (SSSR count). The number of rotatable bonds is 8. The van der Waals surface area contributed by atoms with Gasteiger partial charge in [-0.3, -0.25) is 4.79 Å². The van der Waals surface area contributed by atoms with Crippen LogP contribution in [0.4, 0.5) is 0 Å². The minimum Gasteiger partial charge on any atom is -0.459 e. The maximum absolute atomic E-state index is 12.5. The molecule has 7 unspecified atom stereocenters. The summed E-state index contributed by atoms with van der Waals surface area (Å²) in [7, 11) is 0. The highest BCUT2D eigenvalue weighted by Crippen LogP contribution is 2.48. The van der Waals surface area contributed by atoms with Crippen molar-refractivity contribution in [3.63, 3.8) is 0 Å². The van der Waals surface area contributed by atoms with Crippen LogP contribution >= 0.6 is 0 Å². The van der Waals surface area contributed by atoms with E-state index >= 15 is 0 Å². The van der Waals surface area contributed by atoms with Gasteiger partial charge in [0, 0.05) is 12.0 Å². The maximum Gasteiger partial charge on any atom is 0.349 e. The van der Waals surface area contributed by atoms with Gasteiger partial charge >= 0.3 is 17.9 Å². The average Bonchev–Trinajstić information content (AvgIpc) is 2.82. The van der Waals surface area contributed by atoms with Crippen molar-refractivity contribution in [2.45, 2.75) is 83.9 Å². The molecule has 4 aliphatic rings. The summed E-state index contributed by atoms with van der Waals surface area (Å²) < 4.78 is 22.5. The molecular weight excluding hydrogens is 364 g/mol. The van der Waals surface area contributed by atoms with Crippen molar-refractivity contribution in [2.24, 2.45) is 17.8 Å². The standard InChI is InChI=1S/C21H30O7/c1-5-15(25-19(22)11(3)4)21(24)28-17(6-2)27-18-13-7-12-8-14(10-13)20(23)26-16(18)9-12/h12-18H,3,5-10H2,1-2,4H3. The second-order valence-electron chi connectivity index (χ2n) is 8.20. The van der Waals surface area contributed by atoms with Crippen LogP contribution in [-0.4, -0.2) is 42.5 Å². The highest BCUT2D eigenvalue weighted by atomic mass is 16.7. The molecule has 7 nitrogen and oxygen atoms in total. The second kappa shape index (κ2) is 8.64. The van der Waals surface area contributed by atoms with E-state index in [4.69, 9.17) is 18.9 Å². The van der Waals surface area contributed by atoms with E-state index in [1.807, 2.05) is 6.92 Å². The molecule has 0 aromatic carbocycles. The number of carbonyl (C=O) groups excluding carboxylic acids is 3. The van der Waals surface area contributed by atoms with Gasteiger partial charge in [0.25, 0.3) is 0 Å². The lowest BCUT2D eigenvalue weighted by Gasteiger charge is -2.42. The Bertz CT molecular complexity index is 643. The van der Waals surface area contributed by atoms with Crippen LogP contribution in [0.2, 0.25) is 0 Å². The molecule has 0 spiro atoms. The molecule has 2 saturated carbocycles. The summed E-state index contributed by atoms with van der Waals surface area (Å²) >= 11 is 0. The lowest BCUT2D eigenvalue weighted by Crippen LogP contribution is -2.47. The molecule has 4 bridgehead atoms. The molecule has 2 aliphatic carbocycles. The van der Waals surface area contributed by atoms with Gasteiger partial charge in [0.15, 0.2) is 6.10 Å². The van der Waals surface area contributed by atoms with E-state index in [1.165, 1.54) is 6.92 Å². The third kappa shape index (κ3) is 4.40.